The molecule has 248 valence electrons. The molecule has 0 bridgehead atoms. The molecule has 9 nitrogen and oxygen atoms in total. The van der Waals surface area contributed by atoms with Gasteiger partial charge in [0.25, 0.3) is 0 Å². The SMILES string of the molecule is COC(=O)c1ccc(N(CC#Cc2cc3c(N[C@@H]4CCN(C)C[C@@H]4F)cccc3n2CC(F)(F)F)C(=O)OC(C)(C)C)c(OC)c1. The number of ether oxygens (including phenoxy) is 3. The van der Waals surface area contributed by atoms with E-state index in [9.17, 15) is 27.2 Å². The van der Waals surface area contributed by atoms with Crippen LogP contribution in [0.5, 0.6) is 5.75 Å². The number of amides is 1. The Morgan fingerprint density at radius 3 is 2.48 bits per heavy atom. The van der Waals surface area contributed by atoms with Gasteiger partial charge in [-0.15, -0.1) is 0 Å². The largest absolute Gasteiger partial charge is 0.495 e. The number of benzene rings is 2. The van der Waals surface area contributed by atoms with Gasteiger partial charge in [0, 0.05) is 24.2 Å². The van der Waals surface area contributed by atoms with Gasteiger partial charge in [-0.05, 0) is 76.6 Å². The molecule has 1 aliphatic rings. The van der Waals surface area contributed by atoms with Crippen molar-refractivity contribution in [3.63, 3.8) is 0 Å². The van der Waals surface area contributed by atoms with Crippen LogP contribution in [0.15, 0.2) is 42.5 Å². The fourth-order valence-electron chi connectivity index (χ4n) is 5.20. The van der Waals surface area contributed by atoms with Crippen molar-refractivity contribution in [2.75, 3.05) is 51.1 Å². The monoisotopic (exact) mass is 646 g/mol. The van der Waals surface area contributed by atoms with Gasteiger partial charge in [-0.1, -0.05) is 12.0 Å². The van der Waals surface area contributed by atoms with E-state index in [0.29, 0.717) is 24.0 Å². The number of piperidine rings is 1. The van der Waals surface area contributed by atoms with Gasteiger partial charge < -0.3 is 29.0 Å². The summed E-state index contributed by atoms with van der Waals surface area (Å²) < 4.78 is 72.9. The molecule has 0 unspecified atom stereocenters. The highest BCUT2D eigenvalue weighted by atomic mass is 19.4. The highest BCUT2D eigenvalue weighted by molar-refractivity contribution is 5.95. The molecule has 0 radical (unpaired) electrons. The van der Waals surface area contributed by atoms with Gasteiger partial charge in [0.15, 0.2) is 0 Å². The van der Waals surface area contributed by atoms with Gasteiger partial charge in [-0.25, -0.2) is 14.0 Å². The van der Waals surface area contributed by atoms with E-state index in [0.717, 1.165) is 4.57 Å². The molecule has 1 amide bonds. The van der Waals surface area contributed by atoms with Gasteiger partial charge in [0.1, 0.15) is 24.1 Å². The summed E-state index contributed by atoms with van der Waals surface area (Å²) in [6, 6.07) is 10.2. The molecule has 0 aliphatic carbocycles. The molecule has 1 fully saturated rings. The van der Waals surface area contributed by atoms with Crippen LogP contribution in [-0.2, 0) is 16.0 Å². The minimum atomic E-state index is -4.55. The molecule has 1 aromatic heterocycles. The zero-order valence-electron chi connectivity index (χ0n) is 26.6. The van der Waals surface area contributed by atoms with Crippen molar-refractivity contribution in [3.05, 3.63) is 53.7 Å². The summed E-state index contributed by atoms with van der Waals surface area (Å²) in [5.41, 5.74) is 0.359. The molecule has 0 spiro atoms. The first kappa shape index (κ1) is 34.4. The van der Waals surface area contributed by atoms with Crippen LogP contribution in [0, 0.1) is 11.8 Å². The number of halogens is 4. The van der Waals surface area contributed by atoms with Crippen molar-refractivity contribution >= 4 is 34.3 Å². The van der Waals surface area contributed by atoms with Crippen LogP contribution in [0.2, 0.25) is 0 Å². The van der Waals surface area contributed by atoms with Gasteiger partial charge >= 0.3 is 18.2 Å². The second-order valence-corrected chi connectivity index (χ2v) is 12.0. The molecule has 3 aromatic rings. The fraction of sp³-hybridized carbons (Fsp3) is 0.455. The number of nitrogens with zero attached hydrogens (tertiary/aromatic N) is 3. The Kier molecular flexibility index (Phi) is 10.4. The van der Waals surface area contributed by atoms with E-state index >= 15 is 0 Å². The number of rotatable bonds is 7. The summed E-state index contributed by atoms with van der Waals surface area (Å²) in [5, 5.41) is 3.66. The third kappa shape index (κ3) is 8.42. The molecule has 2 heterocycles. The Bertz CT molecular complexity index is 1640. The quantitative estimate of drug-likeness (QED) is 0.185. The Morgan fingerprint density at radius 1 is 1.11 bits per heavy atom. The summed E-state index contributed by atoms with van der Waals surface area (Å²) >= 11 is 0. The van der Waals surface area contributed by atoms with Crippen molar-refractivity contribution < 1.29 is 41.4 Å². The number of anilines is 2. The van der Waals surface area contributed by atoms with E-state index in [1.54, 1.807) is 39.0 Å². The smallest absolute Gasteiger partial charge is 0.415 e. The predicted octanol–water partition coefficient (Wildman–Crippen LogP) is 6.25. The number of fused-ring (bicyclic) bond motifs is 1. The number of carbonyl (C=O) groups excluding carboxylic acids is 2. The van der Waals surface area contributed by atoms with E-state index in [4.69, 9.17) is 14.2 Å². The first-order valence-corrected chi connectivity index (χ1v) is 14.6. The van der Waals surface area contributed by atoms with Crippen LogP contribution in [0.1, 0.15) is 43.2 Å². The molecule has 1 saturated heterocycles. The number of aromatic nitrogens is 1. The molecule has 1 aliphatic heterocycles. The molecule has 2 aromatic carbocycles. The van der Waals surface area contributed by atoms with Crippen molar-refractivity contribution in [2.45, 2.75) is 57.7 Å². The predicted molar refractivity (Wildman–Crippen MR) is 167 cm³/mol. The zero-order valence-corrected chi connectivity index (χ0v) is 26.6. The van der Waals surface area contributed by atoms with Crippen molar-refractivity contribution in [3.8, 4) is 17.6 Å². The average Bonchev–Trinajstić information content (AvgIpc) is 3.31. The lowest BCUT2D eigenvalue weighted by atomic mass is 10.0. The van der Waals surface area contributed by atoms with Crippen LogP contribution in [-0.4, -0.2) is 86.4 Å². The summed E-state index contributed by atoms with van der Waals surface area (Å²) in [6.07, 6.45) is -5.95. The zero-order chi connectivity index (χ0) is 33.8. The maximum atomic E-state index is 14.8. The summed E-state index contributed by atoms with van der Waals surface area (Å²) in [7, 11) is 4.43. The Labute approximate surface area is 265 Å². The molecule has 13 heteroatoms. The number of nitrogens with one attached hydrogen (secondary N) is 1. The third-order valence-corrected chi connectivity index (χ3v) is 7.33. The van der Waals surface area contributed by atoms with Crippen LogP contribution >= 0.6 is 0 Å². The second-order valence-electron chi connectivity index (χ2n) is 12.0. The number of carbonyl (C=O) groups is 2. The molecule has 46 heavy (non-hydrogen) atoms. The molecular formula is C33H38F4N4O5. The Morgan fingerprint density at radius 2 is 1.85 bits per heavy atom. The van der Waals surface area contributed by atoms with Gasteiger partial charge in [0.2, 0.25) is 0 Å². The molecule has 2 atom stereocenters. The van der Waals surface area contributed by atoms with Crippen molar-refractivity contribution in [2.24, 2.45) is 0 Å². The minimum absolute atomic E-state index is 0.0545. The summed E-state index contributed by atoms with van der Waals surface area (Å²) in [6.45, 7) is 4.40. The topological polar surface area (TPSA) is 85.3 Å². The van der Waals surface area contributed by atoms with E-state index < -0.39 is 42.6 Å². The van der Waals surface area contributed by atoms with Crippen LogP contribution in [0.25, 0.3) is 10.9 Å². The highest BCUT2D eigenvalue weighted by Gasteiger charge is 2.31. The lowest BCUT2D eigenvalue weighted by molar-refractivity contribution is -0.140. The Hall–Kier alpha value is -4.44. The molecule has 1 N–H and O–H groups in total. The van der Waals surface area contributed by atoms with Crippen molar-refractivity contribution in [1.82, 2.24) is 9.47 Å². The van der Waals surface area contributed by atoms with Crippen molar-refractivity contribution in [1.29, 1.82) is 0 Å². The van der Waals surface area contributed by atoms with Gasteiger partial charge in [-0.2, -0.15) is 13.2 Å². The third-order valence-electron chi connectivity index (χ3n) is 7.33. The fourth-order valence-corrected chi connectivity index (χ4v) is 5.20. The standard InChI is InChI=1S/C33H38F4N4O5/c1-32(2,3)46-31(43)40(28-13-12-21(30(42)45-6)17-29(28)44-5)15-8-9-22-18-23-25(38-26-14-16-39(4)19-24(26)34)10-7-11-27(23)41(22)20-33(35,36)37/h7,10-13,17-18,24,26,38H,14-16,19-20H2,1-6H3/t24-,26+/m0/s1. The normalized spacial score (nSPS) is 17.2. The van der Waals surface area contributed by atoms with Gasteiger partial charge in [-0.3, -0.25) is 4.90 Å². The van der Waals surface area contributed by atoms with E-state index in [2.05, 4.69) is 17.2 Å². The Balaban J connectivity index is 1.74. The number of hydrogen-bond donors (Lipinski definition) is 1. The number of hydrogen-bond acceptors (Lipinski definition) is 7. The maximum absolute atomic E-state index is 14.8. The summed E-state index contributed by atoms with van der Waals surface area (Å²) in [5.74, 6) is 5.16. The lowest BCUT2D eigenvalue weighted by Gasteiger charge is -2.33. The maximum Gasteiger partial charge on any atom is 0.415 e. The van der Waals surface area contributed by atoms with Crippen LogP contribution < -0.4 is 15.0 Å². The number of methoxy groups -OCH3 is 2. The molecular weight excluding hydrogens is 608 g/mol. The number of esters is 1. The minimum Gasteiger partial charge on any atom is -0.495 e. The number of alkyl halides is 4. The van der Waals surface area contributed by atoms with E-state index in [1.165, 1.54) is 43.4 Å². The van der Waals surface area contributed by atoms with E-state index in [-0.39, 0.29) is 41.3 Å². The van der Waals surface area contributed by atoms with Crippen LogP contribution in [0.3, 0.4) is 0 Å². The first-order chi connectivity index (χ1) is 21.6. The first-order valence-electron chi connectivity index (χ1n) is 14.6. The average molecular weight is 647 g/mol. The summed E-state index contributed by atoms with van der Waals surface area (Å²) in [4.78, 5) is 28.4. The molecule has 4 rings (SSSR count). The highest BCUT2D eigenvalue weighted by Crippen LogP contribution is 2.33. The van der Waals surface area contributed by atoms with Gasteiger partial charge in [0.05, 0.1) is 49.3 Å². The number of likely N-dealkylation sites (tertiary alicyclic amines) is 1. The van der Waals surface area contributed by atoms with Crippen LogP contribution in [0.4, 0.5) is 33.7 Å². The molecule has 0 saturated carbocycles. The van der Waals surface area contributed by atoms with E-state index in [1.807, 2.05) is 11.9 Å². The second kappa shape index (κ2) is 13.9. The lowest BCUT2D eigenvalue weighted by Crippen LogP contribution is -2.46.